The molecule has 0 unspecified atom stereocenters. The van der Waals surface area contributed by atoms with Crippen LogP contribution in [0.2, 0.25) is 0 Å². The first-order valence-corrected chi connectivity index (χ1v) is 16.4. The van der Waals surface area contributed by atoms with Crippen molar-refractivity contribution in [3.8, 4) is 44.5 Å². The van der Waals surface area contributed by atoms with Crippen molar-refractivity contribution in [1.82, 2.24) is 0 Å². The first-order chi connectivity index (χ1) is 28.1. The normalized spacial score (nSPS) is 13.4. The van der Waals surface area contributed by atoms with Crippen LogP contribution in [-0.4, -0.2) is 0 Å². The summed E-state index contributed by atoms with van der Waals surface area (Å²) in [6, 6.07) is 44.0. The van der Waals surface area contributed by atoms with Crippen molar-refractivity contribution >= 4 is 39.0 Å². The zero-order valence-corrected chi connectivity index (χ0v) is 26.8. The molecule has 0 radical (unpaired) electrons. The van der Waals surface area contributed by atoms with E-state index in [2.05, 4.69) is 0 Å². The summed E-state index contributed by atoms with van der Waals surface area (Å²) in [5.74, 6) is 0. The Bertz CT molecular complexity index is 2960. The summed E-state index contributed by atoms with van der Waals surface area (Å²) >= 11 is 0. The lowest BCUT2D eigenvalue weighted by atomic mass is 10.00. The van der Waals surface area contributed by atoms with Gasteiger partial charge in [-0.1, -0.05) is 145 Å². The Morgan fingerprint density at radius 3 is 1.34 bits per heavy atom. The third-order valence-electron chi connectivity index (χ3n) is 8.85. The van der Waals surface area contributed by atoms with Crippen LogP contribution in [0.4, 0.5) is 17.1 Å². The highest BCUT2D eigenvalue weighted by molar-refractivity contribution is 6.06. The number of para-hydroxylation sites is 1. The second kappa shape index (κ2) is 12.8. The molecule has 0 atom stereocenters. The molecule has 0 saturated carbocycles. The number of hydrogen-bond donors (Lipinski definition) is 0. The molecule has 50 heavy (non-hydrogen) atoms. The number of benzene rings is 8. The summed E-state index contributed by atoms with van der Waals surface area (Å²) in [4.78, 5) is 1.33. The number of fused-ring (bicyclic) bond motifs is 3. The van der Waals surface area contributed by atoms with Gasteiger partial charge >= 0.3 is 0 Å². The Kier molecular flexibility index (Phi) is 5.63. The maximum absolute atomic E-state index is 9.40. The van der Waals surface area contributed by atoms with E-state index < -0.39 is 24.2 Å². The van der Waals surface area contributed by atoms with Gasteiger partial charge in [-0.05, 0) is 99.0 Å². The molecule has 9 rings (SSSR count). The Morgan fingerprint density at radius 1 is 0.320 bits per heavy atom. The molecule has 0 saturated heterocycles. The second-order valence-corrected chi connectivity index (χ2v) is 11.9. The average Bonchev–Trinajstić information content (AvgIpc) is 3.64. The van der Waals surface area contributed by atoms with E-state index in [-0.39, 0.29) is 46.7 Å². The van der Waals surface area contributed by atoms with Crippen molar-refractivity contribution < 1.29 is 15.4 Å². The van der Waals surface area contributed by atoms with Crippen LogP contribution in [0.1, 0.15) is 11.0 Å². The lowest BCUT2D eigenvalue weighted by Gasteiger charge is -2.26. The smallest absolute Gasteiger partial charge is 0.135 e. The third-order valence-corrected chi connectivity index (χ3v) is 8.85. The molecule has 0 spiro atoms. The van der Waals surface area contributed by atoms with Gasteiger partial charge < -0.3 is 9.32 Å². The molecule has 1 heterocycles. The van der Waals surface area contributed by atoms with Gasteiger partial charge in [-0.2, -0.15) is 0 Å². The first kappa shape index (κ1) is 22.1. The topological polar surface area (TPSA) is 16.4 Å². The Labute approximate surface area is 303 Å². The van der Waals surface area contributed by atoms with E-state index in [0.29, 0.717) is 16.8 Å². The van der Waals surface area contributed by atoms with Gasteiger partial charge in [0.1, 0.15) is 11.2 Å². The van der Waals surface area contributed by atoms with Crippen molar-refractivity contribution in [3.05, 3.63) is 200 Å². The maximum atomic E-state index is 9.40. The summed E-state index contributed by atoms with van der Waals surface area (Å²) in [5, 5.41) is 1.95. The van der Waals surface area contributed by atoms with Gasteiger partial charge in [0.25, 0.3) is 0 Å². The summed E-state index contributed by atoms with van der Waals surface area (Å²) in [7, 11) is 0. The van der Waals surface area contributed by atoms with Crippen molar-refractivity contribution in [2.75, 3.05) is 4.90 Å². The molecule has 0 aliphatic heterocycles. The van der Waals surface area contributed by atoms with Crippen molar-refractivity contribution in [3.63, 3.8) is 0 Å². The second-order valence-electron chi connectivity index (χ2n) is 11.9. The van der Waals surface area contributed by atoms with E-state index in [1.165, 1.54) is 4.90 Å². The number of furan rings is 1. The maximum Gasteiger partial charge on any atom is 0.135 e. The molecular formula is C48H33NO. The first-order valence-electron chi connectivity index (χ1n) is 20.4. The molecule has 9 aromatic rings. The number of rotatable bonds is 7. The predicted octanol–water partition coefficient (Wildman–Crippen LogP) is 13.7. The highest BCUT2D eigenvalue weighted by atomic mass is 16.3. The largest absolute Gasteiger partial charge is 0.456 e. The molecule has 0 aliphatic rings. The Balaban J connectivity index is 1.22. The van der Waals surface area contributed by atoms with Crippen molar-refractivity contribution in [2.24, 2.45) is 0 Å². The van der Waals surface area contributed by atoms with Crippen molar-refractivity contribution in [1.29, 1.82) is 0 Å². The summed E-state index contributed by atoms with van der Waals surface area (Å²) in [6.07, 6.45) is 0. The minimum Gasteiger partial charge on any atom is -0.456 e. The molecule has 0 aliphatic carbocycles. The van der Waals surface area contributed by atoms with Crippen LogP contribution in [0.3, 0.4) is 0 Å². The van der Waals surface area contributed by atoms with Crippen molar-refractivity contribution in [2.45, 2.75) is 0 Å². The molecule has 1 aromatic heterocycles. The fraction of sp³-hybridized carbons (Fsp3) is 0. The van der Waals surface area contributed by atoms with Gasteiger partial charge in [0, 0.05) is 27.8 Å². The van der Waals surface area contributed by atoms with Crippen LogP contribution in [0.15, 0.2) is 204 Å². The molecule has 236 valence electrons. The van der Waals surface area contributed by atoms with Crippen LogP contribution in [-0.2, 0) is 0 Å². The van der Waals surface area contributed by atoms with E-state index in [1.54, 1.807) is 54.6 Å². The predicted molar refractivity (Wildman–Crippen MR) is 210 cm³/mol. The monoisotopic (exact) mass is 647 g/mol. The lowest BCUT2D eigenvalue weighted by molar-refractivity contribution is 0.669. The average molecular weight is 648 g/mol. The van der Waals surface area contributed by atoms with Gasteiger partial charge in [-0.25, -0.2) is 0 Å². The SMILES string of the molecule is [2H]c1c([2H])c(N(c2ccc(-c3ccc4oc5ccccc5c4c3)cc2)c2c([2H])c([2H])c(-c3ccc(-c4ccccc4)cc3)c([2H])c2[2H])c([2H])c([2H])c1-c1ccccc1. The van der Waals surface area contributed by atoms with Crippen LogP contribution in [0.25, 0.3) is 66.4 Å². The van der Waals surface area contributed by atoms with Gasteiger partial charge in [0.15, 0.2) is 0 Å². The minimum absolute atomic E-state index is 0.106. The number of hydrogen-bond acceptors (Lipinski definition) is 2. The molecule has 2 nitrogen and oxygen atoms in total. The van der Waals surface area contributed by atoms with Crippen LogP contribution in [0.5, 0.6) is 0 Å². The zero-order valence-electron chi connectivity index (χ0n) is 34.8. The summed E-state index contributed by atoms with van der Waals surface area (Å²) in [5.41, 5.74) is 6.38. The zero-order chi connectivity index (χ0) is 40.2. The number of nitrogens with zero attached hydrogens (tertiary/aromatic N) is 1. The van der Waals surface area contributed by atoms with E-state index in [1.807, 2.05) is 97.1 Å². The van der Waals surface area contributed by atoms with E-state index in [4.69, 9.17) is 7.16 Å². The third kappa shape index (κ3) is 5.63. The molecule has 0 fully saturated rings. The molecule has 0 amide bonds. The van der Waals surface area contributed by atoms with E-state index >= 15 is 0 Å². The van der Waals surface area contributed by atoms with Gasteiger partial charge in [0.2, 0.25) is 0 Å². The van der Waals surface area contributed by atoms with E-state index in [9.17, 15) is 8.22 Å². The van der Waals surface area contributed by atoms with Gasteiger partial charge in [-0.15, -0.1) is 0 Å². The summed E-state index contributed by atoms with van der Waals surface area (Å²) in [6.45, 7) is 0. The Morgan fingerprint density at radius 2 is 0.740 bits per heavy atom. The van der Waals surface area contributed by atoms with Crippen LogP contribution in [0, 0.1) is 0 Å². The summed E-state index contributed by atoms with van der Waals surface area (Å²) < 4.78 is 80.2. The standard InChI is InChI=1S/C48H33NO/c1-3-9-34(10-4-1)36-15-17-37(18-16-36)39-21-28-43(29-22-39)49(42-26-19-38(20-27-42)35-11-5-2-6-12-35)44-30-23-40(24-31-44)41-25-32-48-46(33-41)45-13-7-8-14-47(45)50-48/h1-33H/i19D,20D,21D,22D,26D,27D,28D,29D. The van der Waals surface area contributed by atoms with Crippen LogP contribution >= 0.6 is 0 Å². The molecule has 0 bridgehead atoms. The van der Waals surface area contributed by atoms with Gasteiger partial charge in [0.05, 0.1) is 11.0 Å². The van der Waals surface area contributed by atoms with E-state index in [0.717, 1.165) is 44.2 Å². The van der Waals surface area contributed by atoms with Crippen LogP contribution < -0.4 is 4.90 Å². The molecule has 8 aromatic carbocycles. The molecule has 0 N–H and O–H groups in total. The fourth-order valence-electron chi connectivity index (χ4n) is 6.27. The Hall–Kier alpha value is -6.64. The molecule has 2 heteroatoms. The molecular weight excluding hydrogens is 607 g/mol. The number of anilines is 3. The minimum atomic E-state index is -0.395. The quantitative estimate of drug-likeness (QED) is 0.171. The highest BCUT2D eigenvalue weighted by Crippen LogP contribution is 2.39. The highest BCUT2D eigenvalue weighted by Gasteiger charge is 2.15. The van der Waals surface area contributed by atoms with Gasteiger partial charge in [-0.3, -0.25) is 0 Å². The lowest BCUT2D eigenvalue weighted by Crippen LogP contribution is -2.09. The fourth-order valence-corrected chi connectivity index (χ4v) is 6.27.